The summed E-state index contributed by atoms with van der Waals surface area (Å²) >= 11 is 3.47. The predicted molar refractivity (Wildman–Crippen MR) is 78.8 cm³/mol. The molecule has 21 heavy (non-hydrogen) atoms. The van der Waals surface area contributed by atoms with Crippen LogP contribution < -0.4 is 9.47 Å². The molecule has 6 nitrogen and oxygen atoms in total. The van der Waals surface area contributed by atoms with Crippen molar-refractivity contribution >= 4 is 26.0 Å². The molecular weight excluding hydrogens is 360 g/mol. The molecule has 1 saturated carbocycles. The lowest BCUT2D eigenvalue weighted by Crippen LogP contribution is -2.17. The standard InChI is InChI=1S/C13H11BrN2O4S/c14-11-4-13-12(19-7-20-13)3-10(11)8-5-15-16(6-8)21(17,18)9-1-2-9/h3-6,9H,1-2,7H2. The molecule has 0 saturated heterocycles. The summed E-state index contributed by atoms with van der Waals surface area (Å²) < 4.78 is 36.8. The summed E-state index contributed by atoms with van der Waals surface area (Å²) in [7, 11) is -3.34. The average molecular weight is 371 g/mol. The highest BCUT2D eigenvalue weighted by Gasteiger charge is 2.37. The molecule has 4 rings (SSSR count). The number of hydrogen-bond donors (Lipinski definition) is 0. The van der Waals surface area contributed by atoms with Crippen LogP contribution in [-0.2, 0) is 10.0 Å². The zero-order chi connectivity index (χ0) is 14.6. The third-order valence-corrected chi connectivity index (χ3v) is 6.23. The van der Waals surface area contributed by atoms with Crippen LogP contribution in [-0.4, -0.2) is 29.6 Å². The van der Waals surface area contributed by atoms with Gasteiger partial charge in [-0.15, -0.1) is 0 Å². The van der Waals surface area contributed by atoms with E-state index >= 15 is 0 Å². The largest absolute Gasteiger partial charge is 0.454 e. The second-order valence-electron chi connectivity index (χ2n) is 5.03. The Hall–Kier alpha value is -1.54. The molecule has 0 atom stereocenters. The van der Waals surface area contributed by atoms with Gasteiger partial charge in [-0.25, -0.2) is 8.42 Å². The zero-order valence-electron chi connectivity index (χ0n) is 10.8. The van der Waals surface area contributed by atoms with Crippen molar-refractivity contribution in [2.45, 2.75) is 18.1 Å². The highest BCUT2D eigenvalue weighted by molar-refractivity contribution is 9.10. The van der Waals surface area contributed by atoms with Crippen molar-refractivity contribution in [2.75, 3.05) is 6.79 Å². The fraction of sp³-hybridized carbons (Fsp3) is 0.308. The van der Waals surface area contributed by atoms with E-state index in [1.54, 1.807) is 6.20 Å². The summed E-state index contributed by atoms with van der Waals surface area (Å²) in [4.78, 5) is 0. The Labute approximate surface area is 129 Å². The summed E-state index contributed by atoms with van der Waals surface area (Å²) in [5.74, 6) is 1.31. The number of aromatic nitrogens is 2. The predicted octanol–water partition coefficient (Wildman–Crippen LogP) is 2.38. The number of rotatable bonds is 3. The Morgan fingerprint density at radius 3 is 2.67 bits per heavy atom. The van der Waals surface area contributed by atoms with Crippen LogP contribution in [0.15, 0.2) is 29.0 Å². The van der Waals surface area contributed by atoms with E-state index in [0.717, 1.165) is 14.1 Å². The first-order chi connectivity index (χ1) is 10.1. The normalized spacial score (nSPS) is 17.2. The number of halogens is 1. The van der Waals surface area contributed by atoms with Crippen molar-refractivity contribution in [3.05, 3.63) is 29.0 Å². The van der Waals surface area contributed by atoms with E-state index in [9.17, 15) is 8.42 Å². The molecule has 110 valence electrons. The number of fused-ring (bicyclic) bond motifs is 1. The topological polar surface area (TPSA) is 70.4 Å². The fourth-order valence-electron chi connectivity index (χ4n) is 2.24. The van der Waals surface area contributed by atoms with Crippen LogP contribution >= 0.6 is 15.9 Å². The quantitative estimate of drug-likeness (QED) is 0.829. The van der Waals surface area contributed by atoms with Gasteiger partial charge >= 0.3 is 0 Å². The molecule has 1 fully saturated rings. The summed E-state index contributed by atoms with van der Waals surface area (Å²) in [5, 5.41) is 3.71. The molecule has 0 bridgehead atoms. The zero-order valence-corrected chi connectivity index (χ0v) is 13.2. The van der Waals surface area contributed by atoms with E-state index < -0.39 is 10.0 Å². The molecule has 0 spiro atoms. The maximum atomic E-state index is 12.2. The lowest BCUT2D eigenvalue weighted by atomic mass is 10.1. The molecule has 0 amide bonds. The monoisotopic (exact) mass is 370 g/mol. The van der Waals surface area contributed by atoms with Gasteiger partial charge in [-0.2, -0.15) is 9.19 Å². The minimum Gasteiger partial charge on any atom is -0.454 e. The SMILES string of the molecule is O=S(=O)(C1CC1)n1cc(-c2cc3c(cc2Br)OCO3)cn1. The molecule has 2 aliphatic rings. The van der Waals surface area contributed by atoms with E-state index in [4.69, 9.17) is 9.47 Å². The second kappa shape index (κ2) is 4.48. The highest BCUT2D eigenvalue weighted by atomic mass is 79.9. The van der Waals surface area contributed by atoms with Gasteiger partial charge in [-0.05, 0) is 25.0 Å². The van der Waals surface area contributed by atoms with Gasteiger partial charge in [-0.3, -0.25) is 0 Å². The molecule has 1 aromatic carbocycles. The Bertz CT molecular complexity index is 827. The van der Waals surface area contributed by atoms with Gasteiger partial charge in [0.1, 0.15) is 0 Å². The minimum atomic E-state index is -3.34. The first-order valence-corrected chi connectivity index (χ1v) is 8.74. The van der Waals surface area contributed by atoms with E-state index in [1.807, 2.05) is 12.1 Å². The molecule has 8 heteroatoms. The molecule has 1 aromatic heterocycles. The van der Waals surface area contributed by atoms with Crippen LogP contribution in [0, 0.1) is 0 Å². The summed E-state index contributed by atoms with van der Waals surface area (Å²) in [6, 6.07) is 3.63. The van der Waals surface area contributed by atoms with Crippen LogP contribution in [0.3, 0.4) is 0 Å². The third kappa shape index (κ3) is 2.13. The lowest BCUT2D eigenvalue weighted by Gasteiger charge is -2.04. The molecule has 1 aliphatic heterocycles. The molecule has 2 heterocycles. The van der Waals surface area contributed by atoms with Crippen LogP contribution in [0.25, 0.3) is 11.1 Å². The molecular formula is C13H11BrN2O4S. The minimum absolute atomic E-state index is 0.195. The Balaban J connectivity index is 1.76. The third-order valence-electron chi connectivity index (χ3n) is 3.54. The number of hydrogen-bond acceptors (Lipinski definition) is 5. The van der Waals surface area contributed by atoms with Gasteiger partial charge in [-0.1, -0.05) is 15.9 Å². The van der Waals surface area contributed by atoms with Crippen LogP contribution in [0.5, 0.6) is 11.5 Å². The first-order valence-electron chi connectivity index (χ1n) is 6.44. The Morgan fingerprint density at radius 1 is 1.24 bits per heavy atom. The van der Waals surface area contributed by atoms with E-state index in [-0.39, 0.29) is 12.0 Å². The molecule has 1 aliphatic carbocycles. The van der Waals surface area contributed by atoms with Crippen molar-refractivity contribution < 1.29 is 17.9 Å². The van der Waals surface area contributed by atoms with Crippen LogP contribution in [0.1, 0.15) is 12.8 Å². The Morgan fingerprint density at radius 2 is 1.95 bits per heavy atom. The van der Waals surface area contributed by atoms with Gasteiger partial charge in [0, 0.05) is 15.6 Å². The molecule has 2 aromatic rings. The fourth-order valence-corrected chi connectivity index (χ4v) is 4.27. The van der Waals surface area contributed by atoms with Crippen molar-refractivity contribution in [1.29, 1.82) is 0 Å². The van der Waals surface area contributed by atoms with E-state index in [0.29, 0.717) is 29.9 Å². The van der Waals surface area contributed by atoms with Gasteiger partial charge < -0.3 is 9.47 Å². The van der Waals surface area contributed by atoms with E-state index in [1.165, 1.54) is 6.20 Å². The number of benzene rings is 1. The molecule has 0 unspecified atom stereocenters. The number of ether oxygens (including phenoxy) is 2. The van der Waals surface area contributed by atoms with E-state index in [2.05, 4.69) is 21.0 Å². The Kier molecular flexibility index (Phi) is 2.80. The summed E-state index contributed by atoms with van der Waals surface area (Å²) in [6.45, 7) is 0.195. The smallest absolute Gasteiger partial charge is 0.256 e. The summed E-state index contributed by atoms with van der Waals surface area (Å²) in [6.07, 6.45) is 4.51. The molecule has 0 radical (unpaired) electrons. The second-order valence-corrected chi connectivity index (χ2v) is 7.96. The van der Waals surface area contributed by atoms with Gasteiger partial charge in [0.25, 0.3) is 10.0 Å². The maximum Gasteiger partial charge on any atom is 0.256 e. The number of nitrogens with zero attached hydrogens (tertiary/aromatic N) is 2. The maximum absolute atomic E-state index is 12.2. The van der Waals surface area contributed by atoms with Gasteiger partial charge in [0.05, 0.1) is 17.6 Å². The van der Waals surface area contributed by atoms with Crippen molar-refractivity contribution in [2.24, 2.45) is 0 Å². The lowest BCUT2D eigenvalue weighted by molar-refractivity contribution is 0.174. The van der Waals surface area contributed by atoms with Crippen molar-refractivity contribution in [1.82, 2.24) is 9.19 Å². The average Bonchev–Trinajstić information content (AvgIpc) is 3.03. The van der Waals surface area contributed by atoms with Crippen LogP contribution in [0.4, 0.5) is 0 Å². The van der Waals surface area contributed by atoms with Gasteiger partial charge in [0.2, 0.25) is 6.79 Å². The summed E-state index contributed by atoms with van der Waals surface area (Å²) in [5.41, 5.74) is 1.53. The first kappa shape index (κ1) is 13.1. The van der Waals surface area contributed by atoms with Crippen LogP contribution in [0.2, 0.25) is 0 Å². The van der Waals surface area contributed by atoms with Crippen molar-refractivity contribution in [3.8, 4) is 22.6 Å². The van der Waals surface area contributed by atoms with Crippen molar-refractivity contribution in [3.63, 3.8) is 0 Å². The van der Waals surface area contributed by atoms with Gasteiger partial charge in [0.15, 0.2) is 11.5 Å². The highest BCUT2D eigenvalue weighted by Crippen LogP contribution is 2.41. The molecule has 0 N–H and O–H groups in total.